The highest BCUT2D eigenvalue weighted by atomic mass is 16.6. The highest BCUT2D eigenvalue weighted by Gasteiger charge is 2.25. The molecule has 0 saturated carbocycles. The topological polar surface area (TPSA) is 94.2 Å². The Morgan fingerprint density at radius 1 is 0.944 bits per heavy atom. The average molecular weight is 493 g/mol. The molecule has 3 aromatic rings. The number of esters is 1. The third-order valence-electron chi connectivity index (χ3n) is 5.36. The lowest BCUT2D eigenvalue weighted by atomic mass is 9.99. The molecule has 8 nitrogen and oxygen atoms in total. The second kappa shape index (κ2) is 11.6. The van der Waals surface area contributed by atoms with E-state index < -0.39 is 29.8 Å². The van der Waals surface area contributed by atoms with E-state index in [0.717, 1.165) is 21.9 Å². The summed E-state index contributed by atoms with van der Waals surface area (Å²) in [7, 11) is 2.89. The summed E-state index contributed by atoms with van der Waals surface area (Å²) in [5, 5.41) is 4.31. The van der Waals surface area contributed by atoms with E-state index in [1.165, 1.54) is 12.0 Å². The molecule has 0 aliphatic carbocycles. The zero-order valence-electron chi connectivity index (χ0n) is 21.2. The summed E-state index contributed by atoms with van der Waals surface area (Å²) in [4.78, 5) is 39.2. The molecule has 1 N–H and O–H groups in total. The van der Waals surface area contributed by atoms with Crippen molar-refractivity contribution in [2.75, 3.05) is 19.1 Å². The second-order valence-electron chi connectivity index (χ2n) is 9.36. The molecule has 0 radical (unpaired) electrons. The Hall–Kier alpha value is -4.07. The van der Waals surface area contributed by atoms with Crippen LogP contribution in [0.2, 0.25) is 0 Å². The molecule has 0 spiro atoms. The Morgan fingerprint density at radius 2 is 1.61 bits per heavy atom. The van der Waals surface area contributed by atoms with Crippen molar-refractivity contribution >= 4 is 34.6 Å². The fourth-order valence-electron chi connectivity index (χ4n) is 3.65. The van der Waals surface area contributed by atoms with Crippen molar-refractivity contribution in [3.63, 3.8) is 0 Å². The number of hydrogen-bond acceptors (Lipinski definition) is 6. The number of ether oxygens (including phenoxy) is 3. The van der Waals surface area contributed by atoms with Gasteiger partial charge in [0, 0.05) is 18.9 Å². The highest BCUT2D eigenvalue weighted by molar-refractivity contribution is 6.02. The number of carbonyl (C=O) groups excluding carboxylic acids is 3. The van der Waals surface area contributed by atoms with Gasteiger partial charge < -0.3 is 19.5 Å². The van der Waals surface area contributed by atoms with E-state index in [9.17, 15) is 14.4 Å². The minimum Gasteiger partial charge on any atom is -0.467 e. The van der Waals surface area contributed by atoms with Crippen LogP contribution in [-0.4, -0.2) is 44.0 Å². The van der Waals surface area contributed by atoms with E-state index in [1.807, 2.05) is 60.7 Å². The Labute approximate surface area is 211 Å². The smallest absolute Gasteiger partial charge is 0.414 e. The number of carbonyl (C=O) groups is 3. The number of benzene rings is 3. The summed E-state index contributed by atoms with van der Waals surface area (Å²) < 4.78 is 15.7. The maximum Gasteiger partial charge on any atom is 0.414 e. The quantitative estimate of drug-likeness (QED) is 0.359. The van der Waals surface area contributed by atoms with Crippen molar-refractivity contribution in [1.82, 2.24) is 5.32 Å². The van der Waals surface area contributed by atoms with Gasteiger partial charge >= 0.3 is 18.2 Å². The summed E-state index contributed by atoms with van der Waals surface area (Å²) >= 11 is 0. The Kier molecular flexibility index (Phi) is 8.53. The number of nitrogens with zero attached hydrogens (tertiary/aromatic N) is 1. The second-order valence-corrected chi connectivity index (χ2v) is 9.36. The summed E-state index contributed by atoms with van der Waals surface area (Å²) in [6.07, 6.45) is -1.11. The molecule has 1 atom stereocenters. The van der Waals surface area contributed by atoms with E-state index in [-0.39, 0.29) is 13.0 Å². The number of hydrogen-bond donors (Lipinski definition) is 1. The van der Waals surface area contributed by atoms with Crippen molar-refractivity contribution in [1.29, 1.82) is 0 Å². The van der Waals surface area contributed by atoms with Gasteiger partial charge in [0.25, 0.3) is 0 Å². The molecule has 0 fully saturated rings. The van der Waals surface area contributed by atoms with Crippen LogP contribution in [0, 0.1) is 0 Å². The van der Waals surface area contributed by atoms with E-state index >= 15 is 0 Å². The van der Waals surface area contributed by atoms with Gasteiger partial charge in [-0.2, -0.15) is 0 Å². The first-order valence-electron chi connectivity index (χ1n) is 11.6. The maximum absolute atomic E-state index is 12.8. The van der Waals surface area contributed by atoms with Gasteiger partial charge in [-0.05, 0) is 43.4 Å². The molecule has 8 heteroatoms. The molecule has 36 heavy (non-hydrogen) atoms. The first-order chi connectivity index (χ1) is 17.1. The number of fused-ring (bicyclic) bond motifs is 1. The molecule has 3 rings (SSSR count). The molecule has 0 saturated heterocycles. The van der Waals surface area contributed by atoms with Gasteiger partial charge in [-0.15, -0.1) is 0 Å². The van der Waals surface area contributed by atoms with Crippen LogP contribution >= 0.6 is 0 Å². The third-order valence-corrected chi connectivity index (χ3v) is 5.36. The van der Waals surface area contributed by atoms with Crippen molar-refractivity contribution in [3.8, 4) is 0 Å². The van der Waals surface area contributed by atoms with Crippen molar-refractivity contribution in [3.05, 3.63) is 77.9 Å². The fraction of sp³-hybridized carbons (Fsp3) is 0.321. The normalized spacial score (nSPS) is 11.9. The Morgan fingerprint density at radius 3 is 2.28 bits per heavy atom. The zero-order chi connectivity index (χ0) is 26.3. The molecule has 0 heterocycles. The minimum absolute atomic E-state index is 0.0708. The van der Waals surface area contributed by atoms with E-state index in [1.54, 1.807) is 33.9 Å². The standard InChI is InChI=1S/C28H32N2O6/c1-28(2,3)36-27(33)30(4)24-17-20(15-21-13-9-10-14-22(21)24)16-23(25(31)34-5)29-26(32)35-18-19-11-7-6-8-12-19/h6-15,17,23H,16,18H2,1-5H3,(H,29,32)/t23-/m1/s1. The summed E-state index contributed by atoms with van der Waals surface area (Å²) in [6.45, 7) is 5.48. The fourth-order valence-corrected chi connectivity index (χ4v) is 3.65. The first kappa shape index (κ1) is 26.5. The molecule has 0 unspecified atom stereocenters. The van der Waals surface area contributed by atoms with Crippen LogP contribution in [-0.2, 0) is 32.0 Å². The molecule has 2 amide bonds. The van der Waals surface area contributed by atoms with Gasteiger partial charge in [-0.1, -0.05) is 60.7 Å². The highest BCUT2D eigenvalue weighted by Crippen LogP contribution is 2.30. The number of amides is 2. The molecule has 190 valence electrons. The average Bonchev–Trinajstić information content (AvgIpc) is 2.85. The van der Waals surface area contributed by atoms with Crippen molar-refractivity contribution in [2.24, 2.45) is 0 Å². The van der Waals surface area contributed by atoms with E-state index in [2.05, 4.69) is 5.32 Å². The zero-order valence-corrected chi connectivity index (χ0v) is 21.2. The molecular formula is C28H32N2O6. The van der Waals surface area contributed by atoms with Crippen LogP contribution in [0.3, 0.4) is 0 Å². The summed E-state index contributed by atoms with van der Waals surface area (Å²) in [5.74, 6) is -0.609. The molecule has 0 aliphatic rings. The van der Waals surface area contributed by atoms with Gasteiger partial charge in [0.1, 0.15) is 18.2 Å². The molecule has 0 aromatic heterocycles. The number of methoxy groups -OCH3 is 1. The number of anilines is 1. The monoisotopic (exact) mass is 492 g/mol. The number of alkyl carbamates (subject to hydrolysis) is 1. The van der Waals surface area contributed by atoms with Crippen LogP contribution in [0.1, 0.15) is 31.9 Å². The molecule has 3 aromatic carbocycles. The van der Waals surface area contributed by atoms with Crippen LogP contribution in [0.4, 0.5) is 15.3 Å². The lowest BCUT2D eigenvalue weighted by molar-refractivity contribution is -0.143. The van der Waals surface area contributed by atoms with E-state index in [0.29, 0.717) is 5.69 Å². The van der Waals surface area contributed by atoms with Crippen LogP contribution in [0.15, 0.2) is 66.7 Å². The number of nitrogens with one attached hydrogen (secondary N) is 1. The van der Waals surface area contributed by atoms with Gasteiger partial charge in [0.2, 0.25) is 0 Å². The predicted octanol–water partition coefficient (Wildman–Crippen LogP) is 5.22. The molecule has 0 bridgehead atoms. The number of rotatable bonds is 7. The largest absolute Gasteiger partial charge is 0.467 e. The third kappa shape index (κ3) is 7.21. The Bertz CT molecular complexity index is 1220. The Balaban J connectivity index is 1.84. The summed E-state index contributed by atoms with van der Waals surface area (Å²) in [6, 6.07) is 19.6. The first-order valence-corrected chi connectivity index (χ1v) is 11.6. The van der Waals surface area contributed by atoms with Crippen LogP contribution in [0.25, 0.3) is 10.8 Å². The SMILES string of the molecule is COC(=O)[C@@H](Cc1cc(N(C)C(=O)OC(C)(C)C)c2ccccc2c1)NC(=O)OCc1ccccc1. The van der Waals surface area contributed by atoms with E-state index in [4.69, 9.17) is 14.2 Å². The van der Waals surface area contributed by atoms with Crippen molar-refractivity contribution in [2.45, 2.75) is 45.4 Å². The van der Waals surface area contributed by atoms with Crippen molar-refractivity contribution < 1.29 is 28.6 Å². The lowest BCUT2D eigenvalue weighted by Gasteiger charge is -2.26. The maximum atomic E-state index is 12.8. The van der Waals surface area contributed by atoms with Crippen LogP contribution < -0.4 is 10.2 Å². The molecular weight excluding hydrogens is 460 g/mol. The van der Waals surface area contributed by atoms with Gasteiger partial charge in [0.05, 0.1) is 12.8 Å². The van der Waals surface area contributed by atoms with Gasteiger partial charge in [0.15, 0.2) is 0 Å². The summed E-state index contributed by atoms with van der Waals surface area (Å²) in [5.41, 5.74) is 1.51. The van der Waals surface area contributed by atoms with Crippen LogP contribution in [0.5, 0.6) is 0 Å². The van der Waals surface area contributed by atoms with Gasteiger partial charge in [-0.3, -0.25) is 4.90 Å². The molecule has 0 aliphatic heterocycles. The van der Waals surface area contributed by atoms with Gasteiger partial charge in [-0.25, -0.2) is 14.4 Å². The predicted molar refractivity (Wildman–Crippen MR) is 138 cm³/mol. The lowest BCUT2D eigenvalue weighted by Crippen LogP contribution is -2.43. The minimum atomic E-state index is -0.987.